The van der Waals surface area contributed by atoms with Gasteiger partial charge in [0, 0.05) is 17.5 Å². The summed E-state index contributed by atoms with van der Waals surface area (Å²) in [6.07, 6.45) is 0.963. The molecular formula is C21H26O4. The van der Waals surface area contributed by atoms with Gasteiger partial charge in [-0.2, -0.15) is 0 Å². The van der Waals surface area contributed by atoms with Crippen molar-refractivity contribution in [1.82, 2.24) is 0 Å². The first kappa shape index (κ1) is 17.5. The van der Waals surface area contributed by atoms with Crippen LogP contribution in [-0.4, -0.2) is 20.0 Å². The molecule has 0 spiro atoms. The third-order valence-corrected chi connectivity index (χ3v) is 4.43. The van der Waals surface area contributed by atoms with E-state index in [4.69, 9.17) is 18.9 Å². The van der Waals surface area contributed by atoms with Gasteiger partial charge in [0.1, 0.15) is 11.5 Å². The van der Waals surface area contributed by atoms with Crippen molar-refractivity contribution in [2.45, 2.75) is 40.0 Å². The Labute approximate surface area is 149 Å². The van der Waals surface area contributed by atoms with Gasteiger partial charge in [-0.05, 0) is 43.5 Å². The van der Waals surface area contributed by atoms with Crippen molar-refractivity contribution < 1.29 is 18.9 Å². The Bertz CT molecular complexity index is 739. The number of fused-ring (bicyclic) bond motifs is 1. The van der Waals surface area contributed by atoms with Crippen LogP contribution < -0.4 is 18.9 Å². The van der Waals surface area contributed by atoms with E-state index >= 15 is 0 Å². The Balaban J connectivity index is 1.95. The van der Waals surface area contributed by atoms with Gasteiger partial charge in [0.05, 0.1) is 13.2 Å². The third kappa shape index (κ3) is 3.68. The fourth-order valence-corrected chi connectivity index (χ4v) is 3.05. The molecule has 3 rings (SSSR count). The molecule has 0 N–H and O–H groups in total. The van der Waals surface area contributed by atoms with E-state index in [1.54, 1.807) is 0 Å². The van der Waals surface area contributed by atoms with E-state index < -0.39 is 0 Å². The third-order valence-electron chi connectivity index (χ3n) is 4.43. The molecule has 1 atom stereocenters. The average molecular weight is 342 g/mol. The Kier molecular flexibility index (Phi) is 5.37. The maximum Gasteiger partial charge on any atom is 0.231 e. The normalized spacial score (nSPS) is 13.6. The van der Waals surface area contributed by atoms with E-state index in [1.807, 2.05) is 25.1 Å². The molecule has 0 fully saturated rings. The van der Waals surface area contributed by atoms with Crippen molar-refractivity contribution in [2.75, 3.05) is 20.0 Å². The monoisotopic (exact) mass is 342 g/mol. The van der Waals surface area contributed by atoms with Gasteiger partial charge < -0.3 is 18.9 Å². The SMILES string of the molecule is CCCOc1cc2c(cc1[C@H](C)c1ccc(OCC)c(C)c1)OCO2. The first-order valence-electron chi connectivity index (χ1n) is 8.93. The molecular weight excluding hydrogens is 316 g/mol. The highest BCUT2D eigenvalue weighted by atomic mass is 16.7. The summed E-state index contributed by atoms with van der Waals surface area (Å²) in [4.78, 5) is 0. The van der Waals surface area contributed by atoms with Crippen molar-refractivity contribution in [2.24, 2.45) is 0 Å². The summed E-state index contributed by atoms with van der Waals surface area (Å²) in [5, 5.41) is 0. The summed E-state index contributed by atoms with van der Waals surface area (Å²) in [5.74, 6) is 3.52. The number of aryl methyl sites for hydroxylation is 1. The van der Waals surface area contributed by atoms with Gasteiger partial charge in [0.25, 0.3) is 0 Å². The van der Waals surface area contributed by atoms with E-state index in [9.17, 15) is 0 Å². The van der Waals surface area contributed by atoms with Crippen LogP contribution in [0.5, 0.6) is 23.0 Å². The molecule has 4 nitrogen and oxygen atoms in total. The summed E-state index contributed by atoms with van der Waals surface area (Å²) in [6, 6.07) is 10.3. The minimum atomic E-state index is 0.177. The Morgan fingerprint density at radius 1 is 1.00 bits per heavy atom. The average Bonchev–Trinajstić information content (AvgIpc) is 3.07. The predicted octanol–water partition coefficient (Wildman–Crippen LogP) is 5.06. The lowest BCUT2D eigenvalue weighted by molar-refractivity contribution is 0.173. The van der Waals surface area contributed by atoms with Crippen molar-refractivity contribution in [1.29, 1.82) is 0 Å². The number of hydrogen-bond acceptors (Lipinski definition) is 4. The number of ether oxygens (including phenoxy) is 4. The summed E-state index contributed by atoms with van der Waals surface area (Å²) in [5.41, 5.74) is 3.48. The number of hydrogen-bond donors (Lipinski definition) is 0. The van der Waals surface area contributed by atoms with E-state index in [2.05, 4.69) is 32.9 Å². The van der Waals surface area contributed by atoms with E-state index in [-0.39, 0.29) is 12.7 Å². The fourth-order valence-electron chi connectivity index (χ4n) is 3.05. The molecule has 0 bridgehead atoms. The molecule has 0 aliphatic carbocycles. The zero-order valence-corrected chi connectivity index (χ0v) is 15.4. The molecule has 25 heavy (non-hydrogen) atoms. The van der Waals surface area contributed by atoms with Crippen LogP contribution in [0, 0.1) is 6.92 Å². The standard InChI is InChI=1S/C21H26O4/c1-5-9-23-19-12-21-20(24-13-25-21)11-17(19)15(4)16-7-8-18(22-6-2)14(3)10-16/h7-8,10-12,15H,5-6,9,13H2,1-4H3/t15-/m1/s1. The van der Waals surface area contributed by atoms with Crippen LogP contribution in [0.3, 0.4) is 0 Å². The van der Waals surface area contributed by atoms with Crippen LogP contribution in [0.1, 0.15) is 49.8 Å². The minimum absolute atomic E-state index is 0.177. The molecule has 1 aliphatic rings. The molecule has 1 aliphatic heterocycles. The lowest BCUT2D eigenvalue weighted by Gasteiger charge is -2.19. The number of rotatable bonds is 7. The van der Waals surface area contributed by atoms with Crippen molar-refractivity contribution >= 4 is 0 Å². The highest BCUT2D eigenvalue weighted by molar-refractivity contribution is 5.55. The van der Waals surface area contributed by atoms with Crippen LogP contribution in [-0.2, 0) is 0 Å². The molecule has 0 saturated heterocycles. The van der Waals surface area contributed by atoms with E-state index in [1.165, 1.54) is 5.56 Å². The maximum absolute atomic E-state index is 5.99. The van der Waals surface area contributed by atoms with Crippen LogP contribution in [0.2, 0.25) is 0 Å². The zero-order valence-electron chi connectivity index (χ0n) is 15.4. The quantitative estimate of drug-likeness (QED) is 0.704. The lowest BCUT2D eigenvalue weighted by atomic mass is 9.91. The van der Waals surface area contributed by atoms with Gasteiger partial charge in [0.2, 0.25) is 6.79 Å². The Morgan fingerprint density at radius 2 is 1.76 bits per heavy atom. The minimum Gasteiger partial charge on any atom is -0.494 e. The van der Waals surface area contributed by atoms with Crippen molar-refractivity contribution in [3.05, 3.63) is 47.0 Å². The fraction of sp³-hybridized carbons (Fsp3) is 0.429. The van der Waals surface area contributed by atoms with E-state index in [0.717, 1.165) is 40.5 Å². The van der Waals surface area contributed by atoms with Crippen LogP contribution in [0.15, 0.2) is 30.3 Å². The molecule has 0 radical (unpaired) electrons. The van der Waals surface area contributed by atoms with Gasteiger partial charge in [-0.25, -0.2) is 0 Å². The lowest BCUT2D eigenvalue weighted by Crippen LogP contribution is -2.04. The molecule has 0 unspecified atom stereocenters. The second-order valence-electron chi connectivity index (χ2n) is 6.27. The second-order valence-corrected chi connectivity index (χ2v) is 6.27. The van der Waals surface area contributed by atoms with Gasteiger partial charge in [-0.1, -0.05) is 26.0 Å². The predicted molar refractivity (Wildman–Crippen MR) is 98.2 cm³/mol. The first-order chi connectivity index (χ1) is 12.1. The Morgan fingerprint density at radius 3 is 2.44 bits per heavy atom. The smallest absolute Gasteiger partial charge is 0.231 e. The largest absolute Gasteiger partial charge is 0.494 e. The molecule has 0 aromatic heterocycles. The summed E-state index contributed by atoms with van der Waals surface area (Å²) in [6.45, 7) is 9.99. The first-order valence-corrected chi connectivity index (χ1v) is 8.93. The topological polar surface area (TPSA) is 36.9 Å². The molecule has 134 valence electrons. The molecule has 0 saturated carbocycles. The Hall–Kier alpha value is -2.36. The molecule has 2 aromatic carbocycles. The van der Waals surface area contributed by atoms with Crippen LogP contribution >= 0.6 is 0 Å². The highest BCUT2D eigenvalue weighted by Gasteiger charge is 2.22. The maximum atomic E-state index is 5.99. The summed E-state index contributed by atoms with van der Waals surface area (Å²) >= 11 is 0. The molecule has 4 heteroatoms. The van der Waals surface area contributed by atoms with Gasteiger partial charge >= 0.3 is 0 Å². The highest BCUT2D eigenvalue weighted by Crippen LogP contribution is 2.43. The number of benzene rings is 2. The van der Waals surface area contributed by atoms with E-state index in [0.29, 0.717) is 13.2 Å². The summed E-state index contributed by atoms with van der Waals surface area (Å²) in [7, 11) is 0. The zero-order chi connectivity index (χ0) is 17.8. The van der Waals surface area contributed by atoms with Crippen LogP contribution in [0.4, 0.5) is 0 Å². The van der Waals surface area contributed by atoms with Gasteiger partial charge in [-0.15, -0.1) is 0 Å². The molecule has 2 aromatic rings. The summed E-state index contributed by atoms with van der Waals surface area (Å²) < 4.78 is 22.7. The second kappa shape index (κ2) is 7.68. The van der Waals surface area contributed by atoms with Crippen molar-refractivity contribution in [3.63, 3.8) is 0 Å². The van der Waals surface area contributed by atoms with Gasteiger partial charge in [0.15, 0.2) is 11.5 Å². The molecule has 1 heterocycles. The van der Waals surface area contributed by atoms with Gasteiger partial charge in [-0.3, -0.25) is 0 Å². The van der Waals surface area contributed by atoms with Crippen molar-refractivity contribution in [3.8, 4) is 23.0 Å². The van der Waals surface area contributed by atoms with Crippen LogP contribution in [0.25, 0.3) is 0 Å². The molecule has 0 amide bonds.